The number of hydrogen-bond donors (Lipinski definition) is 0. The maximum atomic E-state index is 13.6. The Morgan fingerprint density at radius 1 is 1.03 bits per heavy atom. The highest BCUT2D eigenvalue weighted by molar-refractivity contribution is 9.10. The molecule has 1 unspecified atom stereocenters. The molecule has 9 heteroatoms. The van der Waals surface area contributed by atoms with Crippen molar-refractivity contribution in [1.29, 1.82) is 0 Å². The second kappa shape index (κ2) is 9.17. The summed E-state index contributed by atoms with van der Waals surface area (Å²) in [6.07, 6.45) is 0.359. The third-order valence-corrected chi connectivity index (χ3v) is 7.91. The first kappa shape index (κ1) is 23.3. The molecule has 1 heterocycles. The van der Waals surface area contributed by atoms with E-state index in [1.165, 1.54) is 52.3 Å². The molecular formula is C24H21BrFN3O3S. The zero-order valence-electron chi connectivity index (χ0n) is 17.9. The Balaban J connectivity index is 1.94. The van der Waals surface area contributed by atoms with Crippen LogP contribution < -0.4 is 5.56 Å². The van der Waals surface area contributed by atoms with Crippen LogP contribution in [0.5, 0.6) is 0 Å². The van der Waals surface area contributed by atoms with Gasteiger partial charge in [-0.3, -0.25) is 9.36 Å². The lowest BCUT2D eigenvalue weighted by atomic mass is 10.1. The maximum Gasteiger partial charge on any atom is 0.266 e. The van der Waals surface area contributed by atoms with Gasteiger partial charge in [0.15, 0.2) is 0 Å². The van der Waals surface area contributed by atoms with E-state index in [0.717, 1.165) is 4.47 Å². The summed E-state index contributed by atoms with van der Waals surface area (Å²) < 4.78 is 43.8. The van der Waals surface area contributed by atoms with Crippen LogP contribution in [-0.2, 0) is 10.0 Å². The molecular weight excluding hydrogens is 509 g/mol. The molecule has 4 rings (SSSR count). The topological polar surface area (TPSA) is 72.3 Å². The van der Waals surface area contributed by atoms with E-state index in [-0.39, 0.29) is 16.3 Å². The molecule has 170 valence electrons. The van der Waals surface area contributed by atoms with Crippen LogP contribution in [0.15, 0.2) is 87.0 Å². The van der Waals surface area contributed by atoms with E-state index in [0.29, 0.717) is 23.0 Å². The van der Waals surface area contributed by atoms with Crippen LogP contribution in [0.2, 0.25) is 0 Å². The molecule has 0 radical (unpaired) electrons. The highest BCUT2D eigenvalue weighted by Gasteiger charge is 2.32. The molecule has 3 aromatic carbocycles. The van der Waals surface area contributed by atoms with Crippen molar-refractivity contribution < 1.29 is 12.8 Å². The molecule has 0 aliphatic heterocycles. The molecule has 0 N–H and O–H groups in total. The lowest BCUT2D eigenvalue weighted by Crippen LogP contribution is -2.36. The molecule has 1 atom stereocenters. The highest BCUT2D eigenvalue weighted by Crippen LogP contribution is 2.30. The fraction of sp³-hybridized carbons (Fsp3) is 0.167. The van der Waals surface area contributed by atoms with Crippen LogP contribution in [0.25, 0.3) is 16.6 Å². The Morgan fingerprint density at radius 2 is 1.67 bits per heavy atom. The van der Waals surface area contributed by atoms with E-state index in [4.69, 9.17) is 4.98 Å². The zero-order chi connectivity index (χ0) is 23.8. The molecule has 33 heavy (non-hydrogen) atoms. The Hall–Kier alpha value is -2.88. The monoisotopic (exact) mass is 529 g/mol. The average Bonchev–Trinajstić information content (AvgIpc) is 2.81. The number of rotatable bonds is 6. The van der Waals surface area contributed by atoms with Crippen molar-refractivity contribution in [3.63, 3.8) is 0 Å². The third kappa shape index (κ3) is 4.36. The molecule has 0 saturated carbocycles. The van der Waals surface area contributed by atoms with E-state index in [1.807, 2.05) is 6.92 Å². The molecule has 0 fully saturated rings. The summed E-state index contributed by atoms with van der Waals surface area (Å²) in [7, 11) is -2.42. The van der Waals surface area contributed by atoms with Gasteiger partial charge in [0.1, 0.15) is 11.6 Å². The van der Waals surface area contributed by atoms with E-state index in [2.05, 4.69) is 15.9 Å². The number of nitrogens with zero attached hydrogens (tertiary/aromatic N) is 3. The SMILES string of the molecule is CCC(c1nc2ccccc2c(=O)n1-c1ccc(F)cc1)N(C)S(=O)(=O)c1ccc(Br)cc1. The van der Waals surface area contributed by atoms with Gasteiger partial charge in [-0.25, -0.2) is 17.8 Å². The van der Waals surface area contributed by atoms with E-state index >= 15 is 0 Å². The zero-order valence-corrected chi connectivity index (χ0v) is 20.3. The Labute approximate surface area is 199 Å². The summed E-state index contributed by atoms with van der Waals surface area (Å²) in [5, 5.41) is 0.388. The Bertz CT molecular complexity index is 1470. The van der Waals surface area contributed by atoms with Gasteiger partial charge >= 0.3 is 0 Å². The predicted octanol–water partition coefficient (Wildman–Crippen LogP) is 5.06. The van der Waals surface area contributed by atoms with Gasteiger partial charge < -0.3 is 0 Å². The molecule has 0 bridgehead atoms. The van der Waals surface area contributed by atoms with Crippen molar-refractivity contribution in [3.05, 3.63) is 99.3 Å². The second-order valence-corrected chi connectivity index (χ2v) is 10.4. The largest absolute Gasteiger partial charge is 0.268 e. The first-order valence-electron chi connectivity index (χ1n) is 10.2. The van der Waals surface area contributed by atoms with Gasteiger partial charge in [-0.2, -0.15) is 4.31 Å². The van der Waals surface area contributed by atoms with E-state index in [9.17, 15) is 17.6 Å². The number of halogens is 2. The molecule has 0 spiro atoms. The van der Waals surface area contributed by atoms with Crippen molar-refractivity contribution in [2.45, 2.75) is 24.3 Å². The molecule has 4 aromatic rings. The standard InChI is InChI=1S/C24H21BrFN3O3S/c1-3-22(28(2)33(31,32)19-14-8-16(25)9-15-19)23-27-21-7-5-4-6-20(21)24(30)29(23)18-12-10-17(26)11-13-18/h4-15,22H,3H2,1-2H3. The second-order valence-electron chi connectivity index (χ2n) is 7.50. The number of hydrogen-bond acceptors (Lipinski definition) is 4. The summed E-state index contributed by atoms with van der Waals surface area (Å²) in [5.41, 5.74) is 0.515. The lowest BCUT2D eigenvalue weighted by molar-refractivity contribution is 0.347. The number of benzene rings is 3. The summed E-state index contributed by atoms with van der Waals surface area (Å²) in [5.74, 6) is -0.180. The van der Waals surface area contributed by atoms with E-state index < -0.39 is 21.9 Å². The molecule has 6 nitrogen and oxygen atoms in total. The first-order valence-corrected chi connectivity index (χ1v) is 12.5. The van der Waals surface area contributed by atoms with Gasteiger partial charge in [0, 0.05) is 11.5 Å². The Morgan fingerprint density at radius 3 is 2.30 bits per heavy atom. The van der Waals surface area contributed by atoms with Gasteiger partial charge in [-0.15, -0.1) is 0 Å². The highest BCUT2D eigenvalue weighted by atomic mass is 79.9. The first-order chi connectivity index (χ1) is 15.7. The summed E-state index contributed by atoms with van der Waals surface area (Å²) in [6.45, 7) is 1.83. The van der Waals surface area contributed by atoms with Crippen LogP contribution in [0.1, 0.15) is 25.2 Å². The number of para-hydroxylation sites is 1. The molecule has 0 aliphatic rings. The van der Waals surface area contributed by atoms with Crippen molar-refractivity contribution in [2.75, 3.05) is 7.05 Å². The van der Waals surface area contributed by atoms with Gasteiger partial charge in [-0.05, 0) is 67.1 Å². The predicted molar refractivity (Wildman–Crippen MR) is 129 cm³/mol. The maximum absolute atomic E-state index is 13.6. The van der Waals surface area contributed by atoms with Crippen LogP contribution >= 0.6 is 15.9 Å². The minimum atomic E-state index is -3.89. The normalized spacial score (nSPS) is 12.9. The quantitative estimate of drug-likeness (QED) is 0.350. The van der Waals surface area contributed by atoms with E-state index in [1.54, 1.807) is 36.4 Å². The fourth-order valence-electron chi connectivity index (χ4n) is 3.76. The minimum absolute atomic E-state index is 0.128. The van der Waals surface area contributed by atoms with Crippen LogP contribution in [0.4, 0.5) is 4.39 Å². The fourth-order valence-corrected chi connectivity index (χ4v) is 5.41. The van der Waals surface area contributed by atoms with Crippen molar-refractivity contribution in [3.8, 4) is 5.69 Å². The van der Waals surface area contributed by atoms with Crippen molar-refractivity contribution in [1.82, 2.24) is 13.9 Å². The van der Waals surface area contributed by atoms with Crippen LogP contribution in [-0.4, -0.2) is 29.3 Å². The Kier molecular flexibility index (Phi) is 6.47. The molecule has 0 saturated heterocycles. The summed E-state index contributed by atoms with van der Waals surface area (Å²) in [4.78, 5) is 18.3. The van der Waals surface area contributed by atoms with Crippen molar-refractivity contribution >= 4 is 36.9 Å². The number of fused-ring (bicyclic) bond motifs is 1. The minimum Gasteiger partial charge on any atom is -0.268 e. The average molecular weight is 530 g/mol. The third-order valence-electron chi connectivity index (χ3n) is 5.50. The number of aromatic nitrogens is 2. The molecule has 1 aromatic heterocycles. The van der Waals surface area contributed by atoms with Gasteiger partial charge in [0.05, 0.1) is 27.5 Å². The molecule has 0 amide bonds. The van der Waals surface area contributed by atoms with Crippen LogP contribution in [0, 0.1) is 5.82 Å². The van der Waals surface area contributed by atoms with Crippen LogP contribution in [0.3, 0.4) is 0 Å². The molecule has 0 aliphatic carbocycles. The van der Waals surface area contributed by atoms with Gasteiger partial charge in [-0.1, -0.05) is 35.0 Å². The smallest absolute Gasteiger partial charge is 0.266 e. The van der Waals surface area contributed by atoms with Gasteiger partial charge in [0.2, 0.25) is 10.0 Å². The summed E-state index contributed by atoms with van der Waals surface area (Å²) in [6, 6.07) is 17.9. The lowest BCUT2D eigenvalue weighted by Gasteiger charge is -2.28. The van der Waals surface area contributed by atoms with Crippen molar-refractivity contribution in [2.24, 2.45) is 0 Å². The van der Waals surface area contributed by atoms with Gasteiger partial charge in [0.25, 0.3) is 5.56 Å². The number of sulfonamides is 1. The summed E-state index contributed by atoms with van der Waals surface area (Å²) >= 11 is 3.32.